The lowest BCUT2D eigenvalue weighted by Crippen LogP contribution is -2.26. The van der Waals surface area contributed by atoms with Crippen molar-refractivity contribution in [2.45, 2.75) is 46.0 Å². The second kappa shape index (κ2) is 12.3. The molecule has 0 saturated carbocycles. The molecule has 0 radical (unpaired) electrons. The van der Waals surface area contributed by atoms with Crippen LogP contribution in [0.3, 0.4) is 0 Å². The highest BCUT2D eigenvalue weighted by Gasteiger charge is 2.17. The third-order valence-electron chi connectivity index (χ3n) is 4.40. The molecule has 5 nitrogen and oxygen atoms in total. The quantitative estimate of drug-likeness (QED) is 0.416. The Morgan fingerprint density at radius 1 is 0.931 bits per heavy atom. The van der Waals surface area contributed by atoms with E-state index in [4.69, 9.17) is 4.74 Å². The van der Waals surface area contributed by atoms with E-state index >= 15 is 0 Å². The Labute approximate surface area is 181 Å². The number of nitrogens with one attached hydrogen (secondary N) is 2. The first-order chi connectivity index (χ1) is 14.1. The fourth-order valence-electron chi connectivity index (χ4n) is 2.83. The highest BCUT2D eigenvalue weighted by atomic mass is 79.9. The molecule has 0 aromatic heterocycles. The Balaban J connectivity index is 2.14. The summed E-state index contributed by atoms with van der Waals surface area (Å²) in [4.78, 5) is 25.4. The predicted molar refractivity (Wildman–Crippen MR) is 121 cm³/mol. The summed E-state index contributed by atoms with van der Waals surface area (Å²) >= 11 is 3.42. The molecule has 6 heteroatoms. The van der Waals surface area contributed by atoms with Crippen LogP contribution in [0.25, 0.3) is 0 Å². The molecule has 2 rings (SSSR count). The van der Waals surface area contributed by atoms with Crippen molar-refractivity contribution in [2.75, 3.05) is 18.5 Å². The predicted octanol–water partition coefficient (Wildman–Crippen LogP) is 5.80. The average Bonchev–Trinajstić information content (AvgIpc) is 2.73. The van der Waals surface area contributed by atoms with E-state index in [1.54, 1.807) is 36.4 Å². The van der Waals surface area contributed by atoms with E-state index in [-0.39, 0.29) is 11.8 Å². The zero-order valence-corrected chi connectivity index (χ0v) is 18.7. The average molecular weight is 461 g/mol. The van der Waals surface area contributed by atoms with E-state index in [0.717, 1.165) is 30.2 Å². The number of hydrogen-bond acceptors (Lipinski definition) is 3. The normalized spacial score (nSPS) is 10.4. The number of carbonyl (C=O) groups excluding carboxylic acids is 2. The van der Waals surface area contributed by atoms with Gasteiger partial charge in [0.05, 0.1) is 23.4 Å². The lowest BCUT2D eigenvalue weighted by Gasteiger charge is -2.14. The molecule has 0 bridgehead atoms. The molecule has 0 spiro atoms. The summed E-state index contributed by atoms with van der Waals surface area (Å²) in [5.41, 5.74) is 1.34. The van der Waals surface area contributed by atoms with Gasteiger partial charge in [-0.05, 0) is 43.2 Å². The minimum atomic E-state index is -0.314. The molecule has 2 aromatic rings. The number of rotatable bonds is 11. The monoisotopic (exact) mass is 460 g/mol. The van der Waals surface area contributed by atoms with E-state index in [1.165, 1.54) is 6.42 Å². The first kappa shape index (κ1) is 22.9. The number of benzene rings is 2. The molecule has 0 saturated heterocycles. The third kappa shape index (κ3) is 7.20. The van der Waals surface area contributed by atoms with Crippen LogP contribution >= 0.6 is 15.9 Å². The van der Waals surface area contributed by atoms with Gasteiger partial charge >= 0.3 is 0 Å². The molecule has 0 aliphatic heterocycles. The lowest BCUT2D eigenvalue weighted by atomic mass is 10.1. The summed E-state index contributed by atoms with van der Waals surface area (Å²) in [6.07, 6.45) is 5.24. The van der Waals surface area contributed by atoms with Crippen LogP contribution in [-0.2, 0) is 0 Å². The molecular formula is C23H29BrN2O3. The second-order valence-electron chi connectivity index (χ2n) is 6.81. The third-order valence-corrected chi connectivity index (χ3v) is 4.89. The molecule has 0 atom stereocenters. The van der Waals surface area contributed by atoms with Gasteiger partial charge in [0, 0.05) is 11.0 Å². The van der Waals surface area contributed by atoms with E-state index < -0.39 is 0 Å². The number of unbranched alkanes of at least 4 members (excludes halogenated alkanes) is 3. The van der Waals surface area contributed by atoms with Crippen molar-refractivity contribution in [1.29, 1.82) is 0 Å². The maximum atomic E-state index is 13.0. The lowest BCUT2D eigenvalue weighted by molar-refractivity contribution is 0.0954. The summed E-state index contributed by atoms with van der Waals surface area (Å²) < 4.78 is 6.65. The van der Waals surface area contributed by atoms with Gasteiger partial charge in [-0.25, -0.2) is 0 Å². The highest BCUT2D eigenvalue weighted by Crippen LogP contribution is 2.25. The van der Waals surface area contributed by atoms with Crippen LogP contribution in [0.2, 0.25) is 0 Å². The standard InChI is InChI=1S/C23H29BrN2O3/c1-3-5-6-9-15-29-21-13-12-17(24)16-19(21)23(28)26-20-11-8-7-10-18(20)22(27)25-14-4-2/h7-8,10-13,16H,3-6,9,14-15H2,1-2H3,(H,25,27)(H,26,28). The number of halogens is 1. The smallest absolute Gasteiger partial charge is 0.259 e. The van der Waals surface area contributed by atoms with E-state index in [1.807, 2.05) is 13.0 Å². The first-order valence-corrected chi connectivity index (χ1v) is 11.0. The SMILES string of the molecule is CCCCCCOc1ccc(Br)cc1C(=O)Nc1ccccc1C(=O)NCCC. The summed E-state index contributed by atoms with van der Waals surface area (Å²) in [6.45, 7) is 5.31. The molecule has 2 N–H and O–H groups in total. The number of para-hydroxylation sites is 1. The number of ether oxygens (including phenoxy) is 1. The Kier molecular flexibility index (Phi) is 9.71. The van der Waals surface area contributed by atoms with Gasteiger partial charge in [-0.1, -0.05) is 61.2 Å². The molecule has 0 unspecified atom stereocenters. The van der Waals surface area contributed by atoms with Gasteiger partial charge in [0.15, 0.2) is 0 Å². The van der Waals surface area contributed by atoms with Crippen molar-refractivity contribution in [3.63, 3.8) is 0 Å². The van der Waals surface area contributed by atoms with Crippen molar-refractivity contribution in [3.05, 3.63) is 58.1 Å². The topological polar surface area (TPSA) is 67.4 Å². The van der Waals surface area contributed by atoms with Gasteiger partial charge in [0.2, 0.25) is 0 Å². The van der Waals surface area contributed by atoms with E-state index in [0.29, 0.717) is 35.7 Å². The van der Waals surface area contributed by atoms with Crippen molar-refractivity contribution in [3.8, 4) is 5.75 Å². The van der Waals surface area contributed by atoms with E-state index in [2.05, 4.69) is 33.5 Å². The van der Waals surface area contributed by atoms with Crippen LogP contribution < -0.4 is 15.4 Å². The Morgan fingerprint density at radius 3 is 2.48 bits per heavy atom. The first-order valence-electron chi connectivity index (χ1n) is 10.2. The van der Waals surface area contributed by atoms with Crippen LogP contribution in [0.4, 0.5) is 5.69 Å². The molecule has 2 aromatic carbocycles. The molecule has 0 aliphatic rings. The number of hydrogen-bond donors (Lipinski definition) is 2. The Bertz CT molecular complexity index is 824. The zero-order chi connectivity index (χ0) is 21.1. The molecule has 0 aliphatic carbocycles. The van der Waals surface area contributed by atoms with Crippen molar-refractivity contribution in [1.82, 2.24) is 5.32 Å². The fourth-order valence-corrected chi connectivity index (χ4v) is 3.19. The Morgan fingerprint density at radius 2 is 1.72 bits per heavy atom. The molecule has 0 fully saturated rings. The summed E-state index contributed by atoms with van der Waals surface area (Å²) in [7, 11) is 0. The molecule has 156 valence electrons. The zero-order valence-electron chi connectivity index (χ0n) is 17.1. The van der Waals surface area contributed by atoms with E-state index in [9.17, 15) is 9.59 Å². The Hall–Kier alpha value is -2.34. The van der Waals surface area contributed by atoms with Crippen molar-refractivity contribution < 1.29 is 14.3 Å². The maximum absolute atomic E-state index is 13.0. The summed E-state index contributed by atoms with van der Waals surface area (Å²) in [5.74, 6) is 0.0186. The van der Waals surface area contributed by atoms with Crippen molar-refractivity contribution >= 4 is 33.4 Å². The van der Waals surface area contributed by atoms with Gasteiger partial charge in [0.25, 0.3) is 11.8 Å². The van der Waals surface area contributed by atoms with Crippen molar-refractivity contribution in [2.24, 2.45) is 0 Å². The maximum Gasteiger partial charge on any atom is 0.259 e. The fraction of sp³-hybridized carbons (Fsp3) is 0.391. The molecule has 2 amide bonds. The number of anilines is 1. The minimum absolute atomic E-state index is 0.204. The molecule has 29 heavy (non-hydrogen) atoms. The van der Waals surface area contributed by atoms with Crippen LogP contribution in [0.5, 0.6) is 5.75 Å². The minimum Gasteiger partial charge on any atom is -0.493 e. The molecule has 0 heterocycles. The van der Waals surface area contributed by atoms with Gasteiger partial charge in [-0.15, -0.1) is 0 Å². The van der Waals surface area contributed by atoms with Crippen LogP contribution in [0, 0.1) is 0 Å². The number of amides is 2. The van der Waals surface area contributed by atoms with Gasteiger partial charge < -0.3 is 15.4 Å². The van der Waals surface area contributed by atoms with Crippen LogP contribution in [-0.4, -0.2) is 25.0 Å². The largest absolute Gasteiger partial charge is 0.493 e. The van der Waals surface area contributed by atoms with Gasteiger partial charge in [0.1, 0.15) is 5.75 Å². The van der Waals surface area contributed by atoms with Crippen LogP contribution in [0.1, 0.15) is 66.7 Å². The van der Waals surface area contributed by atoms with Gasteiger partial charge in [-0.3, -0.25) is 9.59 Å². The van der Waals surface area contributed by atoms with Gasteiger partial charge in [-0.2, -0.15) is 0 Å². The number of carbonyl (C=O) groups is 2. The summed E-state index contributed by atoms with van der Waals surface area (Å²) in [6, 6.07) is 12.4. The van der Waals surface area contributed by atoms with Crippen LogP contribution in [0.15, 0.2) is 46.9 Å². The molecular weight excluding hydrogens is 432 g/mol. The second-order valence-corrected chi connectivity index (χ2v) is 7.72. The summed E-state index contributed by atoms with van der Waals surface area (Å²) in [5, 5.41) is 5.71. The highest BCUT2D eigenvalue weighted by molar-refractivity contribution is 9.10.